The van der Waals surface area contributed by atoms with Gasteiger partial charge in [0.05, 0.1) is 18.6 Å². The van der Waals surface area contributed by atoms with E-state index in [0.29, 0.717) is 13.0 Å². The van der Waals surface area contributed by atoms with Crippen LogP contribution in [-0.4, -0.2) is 52.5 Å². The minimum absolute atomic E-state index is 0.0113. The van der Waals surface area contributed by atoms with Crippen LogP contribution in [-0.2, 0) is 4.74 Å². The van der Waals surface area contributed by atoms with Crippen molar-refractivity contribution in [3.8, 4) is 5.88 Å². The van der Waals surface area contributed by atoms with Crippen molar-refractivity contribution in [3.05, 3.63) is 16.4 Å². The molecule has 0 amide bonds. The van der Waals surface area contributed by atoms with E-state index in [0.717, 1.165) is 6.33 Å². The Labute approximate surface area is 108 Å². The third-order valence-electron chi connectivity index (χ3n) is 2.83. The molecular weight excluding hydrogens is 256 g/mol. The summed E-state index contributed by atoms with van der Waals surface area (Å²) in [6, 6.07) is 0. The SMILES string of the molecule is COc1ncnc(NCC2(O)CCOC2)c1[N+](=O)[O-]. The largest absolute Gasteiger partial charge is 0.476 e. The molecule has 1 saturated heterocycles. The molecule has 2 N–H and O–H groups in total. The molecule has 1 atom stereocenters. The second kappa shape index (κ2) is 5.33. The molecule has 9 nitrogen and oxygen atoms in total. The molecule has 0 bridgehead atoms. The van der Waals surface area contributed by atoms with E-state index in [1.165, 1.54) is 7.11 Å². The summed E-state index contributed by atoms with van der Waals surface area (Å²) in [5.74, 6) is -0.116. The van der Waals surface area contributed by atoms with Crippen molar-refractivity contribution < 1.29 is 19.5 Å². The Kier molecular flexibility index (Phi) is 3.76. The van der Waals surface area contributed by atoms with Crippen LogP contribution >= 0.6 is 0 Å². The maximum Gasteiger partial charge on any atom is 0.372 e. The van der Waals surface area contributed by atoms with Crippen LogP contribution in [0.3, 0.4) is 0 Å². The zero-order valence-electron chi connectivity index (χ0n) is 10.3. The normalized spacial score (nSPS) is 22.2. The minimum Gasteiger partial charge on any atom is -0.476 e. The summed E-state index contributed by atoms with van der Waals surface area (Å²) in [6.07, 6.45) is 1.62. The first-order valence-corrected chi connectivity index (χ1v) is 5.63. The average molecular weight is 270 g/mol. The first-order chi connectivity index (χ1) is 9.06. The van der Waals surface area contributed by atoms with Gasteiger partial charge in [-0.2, -0.15) is 4.98 Å². The number of nitro groups is 1. The van der Waals surface area contributed by atoms with Crippen molar-refractivity contribution in [1.29, 1.82) is 0 Å². The molecule has 1 unspecified atom stereocenters. The van der Waals surface area contributed by atoms with Crippen LogP contribution in [0.5, 0.6) is 5.88 Å². The fourth-order valence-electron chi connectivity index (χ4n) is 1.79. The lowest BCUT2D eigenvalue weighted by Crippen LogP contribution is -2.37. The number of aliphatic hydroxyl groups is 1. The second-order valence-electron chi connectivity index (χ2n) is 4.22. The Hall–Kier alpha value is -2.00. The van der Waals surface area contributed by atoms with Gasteiger partial charge in [-0.15, -0.1) is 0 Å². The van der Waals surface area contributed by atoms with Gasteiger partial charge < -0.3 is 19.9 Å². The monoisotopic (exact) mass is 270 g/mol. The summed E-state index contributed by atoms with van der Waals surface area (Å²) in [5, 5.41) is 23.8. The van der Waals surface area contributed by atoms with Gasteiger partial charge in [-0.25, -0.2) is 4.98 Å². The lowest BCUT2D eigenvalue weighted by molar-refractivity contribution is -0.385. The average Bonchev–Trinajstić information content (AvgIpc) is 2.83. The van der Waals surface area contributed by atoms with Gasteiger partial charge in [0.1, 0.15) is 11.9 Å². The van der Waals surface area contributed by atoms with E-state index in [2.05, 4.69) is 15.3 Å². The van der Waals surface area contributed by atoms with Crippen LogP contribution < -0.4 is 10.1 Å². The number of hydrogen-bond donors (Lipinski definition) is 2. The van der Waals surface area contributed by atoms with Crippen molar-refractivity contribution in [2.75, 3.05) is 32.2 Å². The molecule has 9 heteroatoms. The molecule has 1 aromatic heterocycles. The maximum absolute atomic E-state index is 11.0. The van der Waals surface area contributed by atoms with E-state index in [4.69, 9.17) is 9.47 Å². The molecule has 1 fully saturated rings. The molecular formula is C10H14N4O5. The summed E-state index contributed by atoms with van der Waals surface area (Å²) >= 11 is 0. The number of aromatic nitrogens is 2. The molecule has 104 valence electrons. The van der Waals surface area contributed by atoms with Crippen molar-refractivity contribution in [2.24, 2.45) is 0 Å². The first kappa shape index (κ1) is 13.4. The maximum atomic E-state index is 11.0. The summed E-state index contributed by atoms with van der Waals surface area (Å²) in [6.45, 7) is 0.761. The summed E-state index contributed by atoms with van der Waals surface area (Å²) in [7, 11) is 1.29. The molecule has 0 saturated carbocycles. The number of hydrogen-bond acceptors (Lipinski definition) is 8. The smallest absolute Gasteiger partial charge is 0.372 e. The van der Waals surface area contributed by atoms with Crippen molar-refractivity contribution in [1.82, 2.24) is 9.97 Å². The predicted molar refractivity (Wildman–Crippen MR) is 64.1 cm³/mol. The summed E-state index contributed by atoms with van der Waals surface area (Å²) in [4.78, 5) is 17.8. The van der Waals surface area contributed by atoms with Crippen LogP contribution in [0.1, 0.15) is 6.42 Å². The van der Waals surface area contributed by atoms with Crippen molar-refractivity contribution >= 4 is 11.5 Å². The van der Waals surface area contributed by atoms with Gasteiger partial charge in [-0.3, -0.25) is 10.1 Å². The zero-order chi connectivity index (χ0) is 13.9. The van der Waals surface area contributed by atoms with Crippen LogP contribution in [0.2, 0.25) is 0 Å². The fourth-order valence-corrected chi connectivity index (χ4v) is 1.79. The fraction of sp³-hybridized carbons (Fsp3) is 0.600. The van der Waals surface area contributed by atoms with Crippen LogP contribution in [0.4, 0.5) is 11.5 Å². The second-order valence-corrected chi connectivity index (χ2v) is 4.22. The topological polar surface area (TPSA) is 120 Å². The number of nitrogens with one attached hydrogen (secondary N) is 1. The van der Waals surface area contributed by atoms with E-state index in [-0.39, 0.29) is 30.5 Å². The standard InChI is InChI=1S/C10H14N4O5/c1-18-9-7(14(16)17)8(12-6-13-9)11-4-10(15)2-3-19-5-10/h6,15H,2-5H2,1H3,(H,11,12,13). The molecule has 2 rings (SSSR count). The highest BCUT2D eigenvalue weighted by Crippen LogP contribution is 2.31. The van der Waals surface area contributed by atoms with E-state index < -0.39 is 10.5 Å². The number of methoxy groups -OCH3 is 1. The minimum atomic E-state index is -1.04. The van der Waals surface area contributed by atoms with Crippen LogP contribution in [0.25, 0.3) is 0 Å². The Morgan fingerprint density at radius 2 is 2.47 bits per heavy atom. The van der Waals surface area contributed by atoms with Gasteiger partial charge in [0.2, 0.25) is 5.82 Å². The van der Waals surface area contributed by atoms with E-state index in [9.17, 15) is 15.2 Å². The lowest BCUT2D eigenvalue weighted by Gasteiger charge is -2.20. The molecule has 0 aromatic carbocycles. The lowest BCUT2D eigenvalue weighted by atomic mass is 10.0. The number of rotatable bonds is 5. The third kappa shape index (κ3) is 2.88. The zero-order valence-corrected chi connectivity index (χ0v) is 10.3. The highest BCUT2D eigenvalue weighted by atomic mass is 16.6. The van der Waals surface area contributed by atoms with Crippen LogP contribution in [0.15, 0.2) is 6.33 Å². The quantitative estimate of drug-likeness (QED) is 0.564. The molecule has 0 aliphatic carbocycles. The molecule has 19 heavy (non-hydrogen) atoms. The van der Waals surface area contributed by atoms with Gasteiger partial charge in [-0.05, 0) is 0 Å². The highest BCUT2D eigenvalue weighted by Gasteiger charge is 2.33. The van der Waals surface area contributed by atoms with Gasteiger partial charge >= 0.3 is 5.69 Å². The first-order valence-electron chi connectivity index (χ1n) is 5.63. The third-order valence-corrected chi connectivity index (χ3v) is 2.83. The van der Waals surface area contributed by atoms with Crippen molar-refractivity contribution in [3.63, 3.8) is 0 Å². The van der Waals surface area contributed by atoms with Crippen molar-refractivity contribution in [2.45, 2.75) is 12.0 Å². The number of anilines is 1. The van der Waals surface area contributed by atoms with E-state index in [1.54, 1.807) is 0 Å². The molecule has 0 radical (unpaired) electrons. The van der Waals surface area contributed by atoms with Gasteiger partial charge in [0.15, 0.2) is 0 Å². The predicted octanol–water partition coefficient (Wildman–Crippen LogP) is -0.0433. The van der Waals surface area contributed by atoms with Gasteiger partial charge in [0, 0.05) is 19.6 Å². The van der Waals surface area contributed by atoms with E-state index in [1.807, 2.05) is 0 Å². The highest BCUT2D eigenvalue weighted by molar-refractivity contribution is 5.61. The summed E-state index contributed by atoms with van der Waals surface area (Å²) < 4.78 is 9.91. The Morgan fingerprint density at radius 1 is 1.68 bits per heavy atom. The molecule has 1 aliphatic heterocycles. The number of nitrogens with zero attached hydrogens (tertiary/aromatic N) is 3. The Bertz CT molecular complexity index is 475. The Balaban J connectivity index is 2.17. The summed E-state index contributed by atoms with van der Waals surface area (Å²) in [5.41, 5.74) is -1.39. The van der Waals surface area contributed by atoms with Gasteiger partial charge in [-0.1, -0.05) is 0 Å². The molecule has 1 aliphatic rings. The Morgan fingerprint density at radius 3 is 3.05 bits per heavy atom. The van der Waals surface area contributed by atoms with Gasteiger partial charge in [0.25, 0.3) is 5.88 Å². The molecule has 0 spiro atoms. The van der Waals surface area contributed by atoms with E-state index >= 15 is 0 Å². The number of ether oxygens (including phenoxy) is 2. The van der Waals surface area contributed by atoms with Crippen LogP contribution in [0, 0.1) is 10.1 Å². The molecule has 2 heterocycles. The molecule has 1 aromatic rings.